The molecule has 0 fully saturated rings. The predicted molar refractivity (Wildman–Crippen MR) is 121 cm³/mol. The molecule has 1 aliphatic rings. The molecule has 168 valence electrons. The van der Waals surface area contributed by atoms with Crippen LogP contribution in [0.25, 0.3) is 0 Å². The number of hydrogen-bond donors (Lipinski definition) is 2. The van der Waals surface area contributed by atoms with Crippen molar-refractivity contribution in [3.05, 3.63) is 101 Å². The van der Waals surface area contributed by atoms with Gasteiger partial charge in [-0.1, -0.05) is 30.3 Å². The first kappa shape index (κ1) is 22.1. The van der Waals surface area contributed by atoms with Gasteiger partial charge in [0.2, 0.25) is 15.7 Å². The number of sulfone groups is 1. The van der Waals surface area contributed by atoms with Crippen molar-refractivity contribution in [1.29, 1.82) is 0 Å². The summed E-state index contributed by atoms with van der Waals surface area (Å²) in [6, 6.07) is 18.8. The highest BCUT2D eigenvalue weighted by Gasteiger charge is 2.47. The number of nitrogens with two attached hydrogens (primary N) is 1. The van der Waals surface area contributed by atoms with E-state index < -0.39 is 38.4 Å². The first-order chi connectivity index (χ1) is 15.8. The summed E-state index contributed by atoms with van der Waals surface area (Å²) in [5.41, 5.74) is 6.25. The summed E-state index contributed by atoms with van der Waals surface area (Å²) in [6.07, 6.45) is 0. The zero-order valence-electron chi connectivity index (χ0n) is 17.5. The number of aliphatic hydroxyl groups is 1. The molecule has 9 heteroatoms. The highest BCUT2D eigenvalue weighted by Crippen LogP contribution is 2.45. The lowest BCUT2D eigenvalue weighted by atomic mass is 10.1. The van der Waals surface area contributed by atoms with E-state index in [1.165, 1.54) is 48.4 Å². The van der Waals surface area contributed by atoms with Gasteiger partial charge in [0, 0.05) is 11.3 Å². The van der Waals surface area contributed by atoms with Gasteiger partial charge in [0.05, 0.1) is 12.0 Å². The molecule has 0 saturated heterocycles. The van der Waals surface area contributed by atoms with Crippen LogP contribution in [0.5, 0.6) is 5.75 Å². The van der Waals surface area contributed by atoms with Crippen LogP contribution in [0, 0.1) is 0 Å². The third kappa shape index (κ3) is 3.83. The number of ether oxygens (including phenoxy) is 1. The van der Waals surface area contributed by atoms with Crippen LogP contribution in [-0.2, 0) is 14.6 Å². The molecule has 0 spiro atoms. The summed E-state index contributed by atoms with van der Waals surface area (Å²) >= 11 is 0. The fourth-order valence-corrected chi connectivity index (χ4v) is 5.37. The molecule has 0 saturated carbocycles. The first-order valence-electron chi connectivity index (χ1n) is 9.86. The number of amides is 2. The van der Waals surface area contributed by atoms with E-state index in [4.69, 9.17) is 10.5 Å². The van der Waals surface area contributed by atoms with Gasteiger partial charge >= 0.3 is 0 Å². The third-order valence-corrected chi connectivity index (χ3v) is 7.25. The quantitative estimate of drug-likeness (QED) is 0.577. The molecule has 3 N–H and O–H groups in total. The zero-order chi connectivity index (χ0) is 23.8. The Morgan fingerprint density at radius 2 is 1.58 bits per heavy atom. The largest absolute Gasteiger partial charge is 0.502 e. The van der Waals surface area contributed by atoms with Crippen molar-refractivity contribution >= 4 is 27.3 Å². The van der Waals surface area contributed by atoms with E-state index in [0.717, 1.165) is 0 Å². The maximum atomic E-state index is 13.5. The fraction of sp³-hybridized carbons (Fsp3) is 0.0833. The Morgan fingerprint density at radius 1 is 0.970 bits per heavy atom. The van der Waals surface area contributed by atoms with Gasteiger partial charge in [-0.15, -0.1) is 0 Å². The molecular weight excluding hydrogens is 444 g/mol. The molecule has 1 unspecified atom stereocenters. The number of aliphatic hydroxyl groups excluding tert-OH is 1. The van der Waals surface area contributed by atoms with E-state index in [0.29, 0.717) is 11.3 Å². The van der Waals surface area contributed by atoms with Crippen molar-refractivity contribution in [2.45, 2.75) is 10.9 Å². The standard InChI is InChI=1S/C24H20N2O6S/c1-32-18-13-9-15(10-14-18)20-22(33(30,31)19-5-3-2-4-6-19)21(27)24(29)26(20)17-11-7-16(8-12-17)23(25)28/h2-14,20,27H,1H3,(H2,25,28). The van der Waals surface area contributed by atoms with E-state index in [2.05, 4.69) is 0 Å². The van der Waals surface area contributed by atoms with Crippen LogP contribution in [0.1, 0.15) is 22.0 Å². The fourth-order valence-electron chi connectivity index (χ4n) is 3.72. The summed E-state index contributed by atoms with van der Waals surface area (Å²) in [7, 11) is -2.74. The van der Waals surface area contributed by atoms with Crippen LogP contribution in [0.2, 0.25) is 0 Å². The van der Waals surface area contributed by atoms with Gasteiger partial charge in [-0.25, -0.2) is 8.42 Å². The Bertz CT molecular complexity index is 1350. The number of methoxy groups -OCH3 is 1. The summed E-state index contributed by atoms with van der Waals surface area (Å²) in [5.74, 6) is -1.84. The van der Waals surface area contributed by atoms with E-state index >= 15 is 0 Å². The highest BCUT2D eigenvalue weighted by atomic mass is 32.2. The topological polar surface area (TPSA) is 127 Å². The molecule has 0 aliphatic carbocycles. The number of hydrogen-bond acceptors (Lipinski definition) is 6. The molecule has 0 radical (unpaired) electrons. The molecule has 0 bridgehead atoms. The molecule has 3 aromatic carbocycles. The molecular formula is C24H20N2O6S. The molecule has 3 aromatic rings. The number of benzene rings is 3. The highest BCUT2D eigenvalue weighted by molar-refractivity contribution is 7.95. The molecule has 1 heterocycles. The van der Waals surface area contributed by atoms with Gasteiger partial charge in [-0.2, -0.15) is 0 Å². The van der Waals surface area contributed by atoms with Gasteiger partial charge < -0.3 is 15.6 Å². The second kappa shape index (κ2) is 8.44. The van der Waals surface area contributed by atoms with Crippen molar-refractivity contribution in [3.8, 4) is 5.75 Å². The molecule has 0 aromatic heterocycles. The molecule has 2 amide bonds. The summed E-state index contributed by atoms with van der Waals surface area (Å²) < 4.78 is 32.3. The van der Waals surface area contributed by atoms with Crippen molar-refractivity contribution in [2.75, 3.05) is 12.0 Å². The second-order valence-corrected chi connectivity index (χ2v) is 9.21. The number of primary amides is 1. The number of rotatable bonds is 6. The summed E-state index contributed by atoms with van der Waals surface area (Å²) in [5, 5.41) is 10.8. The van der Waals surface area contributed by atoms with E-state index in [1.807, 2.05) is 0 Å². The minimum Gasteiger partial charge on any atom is -0.502 e. The third-order valence-electron chi connectivity index (χ3n) is 5.37. The lowest BCUT2D eigenvalue weighted by molar-refractivity contribution is -0.117. The Kier molecular flexibility index (Phi) is 5.65. The minimum absolute atomic E-state index is 0.0520. The lowest BCUT2D eigenvalue weighted by Gasteiger charge is -2.27. The molecule has 1 atom stereocenters. The second-order valence-electron chi connectivity index (χ2n) is 7.29. The van der Waals surface area contributed by atoms with Crippen LogP contribution < -0.4 is 15.4 Å². The number of anilines is 1. The Hall–Kier alpha value is -4.11. The molecule has 33 heavy (non-hydrogen) atoms. The number of nitrogens with zero attached hydrogens (tertiary/aromatic N) is 1. The SMILES string of the molecule is COc1ccc(C2C(S(=O)(=O)c3ccccc3)=C(O)C(=O)N2c2ccc(C(N)=O)cc2)cc1. The molecule has 4 rings (SSSR count). The maximum absolute atomic E-state index is 13.5. The van der Waals surface area contributed by atoms with Gasteiger partial charge in [0.1, 0.15) is 16.7 Å². The van der Waals surface area contributed by atoms with Crippen molar-refractivity contribution in [2.24, 2.45) is 5.73 Å². The van der Waals surface area contributed by atoms with Crippen LogP contribution in [0.4, 0.5) is 5.69 Å². The van der Waals surface area contributed by atoms with E-state index in [9.17, 15) is 23.1 Å². The van der Waals surface area contributed by atoms with Crippen LogP contribution >= 0.6 is 0 Å². The van der Waals surface area contributed by atoms with Crippen molar-refractivity contribution in [3.63, 3.8) is 0 Å². The van der Waals surface area contributed by atoms with Crippen molar-refractivity contribution < 1.29 is 27.9 Å². The van der Waals surface area contributed by atoms with Crippen molar-refractivity contribution in [1.82, 2.24) is 0 Å². The predicted octanol–water partition coefficient (Wildman–Crippen LogP) is 3.13. The van der Waals surface area contributed by atoms with Gasteiger partial charge in [0.25, 0.3) is 5.91 Å². The average Bonchev–Trinajstić information content (AvgIpc) is 3.10. The first-order valence-corrected chi connectivity index (χ1v) is 11.3. The lowest BCUT2D eigenvalue weighted by Crippen LogP contribution is -2.31. The van der Waals surface area contributed by atoms with Crippen LogP contribution in [-0.4, -0.2) is 32.4 Å². The Labute approximate surface area is 190 Å². The number of carbonyl (C=O) groups excluding carboxylic acids is 2. The zero-order valence-corrected chi connectivity index (χ0v) is 18.3. The summed E-state index contributed by atoms with van der Waals surface area (Å²) in [4.78, 5) is 25.3. The Balaban J connectivity index is 1.91. The van der Waals surface area contributed by atoms with Crippen LogP contribution in [0.15, 0.2) is 94.4 Å². The normalized spacial score (nSPS) is 16.2. The minimum atomic E-state index is -4.23. The van der Waals surface area contributed by atoms with Gasteiger partial charge in [-0.05, 0) is 54.1 Å². The monoisotopic (exact) mass is 464 g/mol. The Morgan fingerprint density at radius 3 is 2.12 bits per heavy atom. The van der Waals surface area contributed by atoms with E-state index in [1.54, 1.807) is 42.5 Å². The average molecular weight is 464 g/mol. The van der Waals surface area contributed by atoms with Gasteiger partial charge in [0.15, 0.2) is 5.76 Å². The smallest absolute Gasteiger partial charge is 0.295 e. The summed E-state index contributed by atoms with van der Waals surface area (Å²) in [6.45, 7) is 0. The molecule has 1 aliphatic heterocycles. The number of carbonyl (C=O) groups is 2. The van der Waals surface area contributed by atoms with E-state index in [-0.39, 0.29) is 16.1 Å². The van der Waals surface area contributed by atoms with Gasteiger partial charge in [-0.3, -0.25) is 14.5 Å². The van der Waals surface area contributed by atoms with Crippen LogP contribution in [0.3, 0.4) is 0 Å². The maximum Gasteiger partial charge on any atom is 0.295 e. The molecule has 8 nitrogen and oxygen atoms in total.